The molecule has 3 aromatic rings. The second-order valence-electron chi connectivity index (χ2n) is 8.59. The summed E-state index contributed by atoms with van der Waals surface area (Å²) in [6.07, 6.45) is -1.53. The first-order chi connectivity index (χ1) is 17.2. The second-order valence-corrected chi connectivity index (χ2v) is 8.59. The molecule has 36 heavy (non-hydrogen) atoms. The molecule has 13 heteroatoms. The molecule has 8 nitrogen and oxygen atoms in total. The van der Waals surface area contributed by atoms with E-state index in [4.69, 9.17) is 14.0 Å². The summed E-state index contributed by atoms with van der Waals surface area (Å²) in [7, 11) is 0. The Hall–Kier alpha value is -3.61. The van der Waals surface area contributed by atoms with E-state index in [1.54, 1.807) is 0 Å². The average Bonchev–Trinajstić information content (AvgIpc) is 3.29. The predicted molar refractivity (Wildman–Crippen MR) is 113 cm³/mol. The van der Waals surface area contributed by atoms with E-state index in [0.29, 0.717) is 0 Å². The van der Waals surface area contributed by atoms with Crippen molar-refractivity contribution >= 4 is 11.6 Å². The smallest absolute Gasteiger partial charge is 0.294 e. The van der Waals surface area contributed by atoms with Gasteiger partial charge in [0, 0.05) is 24.8 Å². The highest BCUT2D eigenvalue weighted by Gasteiger charge is 2.38. The summed E-state index contributed by atoms with van der Waals surface area (Å²) in [6.45, 7) is -0.873. The van der Waals surface area contributed by atoms with Crippen LogP contribution in [0.1, 0.15) is 48.0 Å². The molecule has 1 aliphatic carbocycles. The van der Waals surface area contributed by atoms with E-state index >= 15 is 0 Å². The highest BCUT2D eigenvalue weighted by Crippen LogP contribution is 2.40. The Bertz CT molecular complexity index is 1270. The number of anilines is 1. The van der Waals surface area contributed by atoms with Gasteiger partial charge in [-0.3, -0.25) is 4.79 Å². The Morgan fingerprint density at radius 2 is 1.97 bits per heavy atom. The Balaban J connectivity index is 1.47. The van der Waals surface area contributed by atoms with Crippen molar-refractivity contribution in [2.75, 3.05) is 11.9 Å². The molecule has 1 amide bonds. The number of aromatic nitrogens is 3. The molecule has 1 atom stereocenters. The van der Waals surface area contributed by atoms with Crippen LogP contribution in [0.15, 0.2) is 35.1 Å². The fraction of sp³-hybridized carbons (Fsp3) is 0.391. The normalized spacial score (nSPS) is 23.1. The molecule has 3 heterocycles. The van der Waals surface area contributed by atoms with E-state index in [-0.39, 0.29) is 59.6 Å². The molecule has 0 bridgehead atoms. The summed E-state index contributed by atoms with van der Waals surface area (Å²) in [6, 6.07) is 3.86. The second kappa shape index (κ2) is 9.45. The van der Waals surface area contributed by atoms with Gasteiger partial charge in [-0.2, -0.15) is 0 Å². The number of nitrogens with zero attached hydrogens (tertiary/aromatic N) is 3. The van der Waals surface area contributed by atoms with Crippen molar-refractivity contribution in [3.63, 3.8) is 0 Å². The third-order valence-corrected chi connectivity index (χ3v) is 5.91. The molecule has 0 radical (unpaired) electrons. The molecule has 1 N–H and O–H groups in total. The van der Waals surface area contributed by atoms with Crippen LogP contribution in [-0.2, 0) is 4.74 Å². The van der Waals surface area contributed by atoms with Crippen molar-refractivity contribution in [3.05, 3.63) is 53.7 Å². The van der Waals surface area contributed by atoms with E-state index in [1.165, 1.54) is 6.07 Å². The minimum Gasteiger partial charge on any atom is -0.472 e. The molecule has 1 aromatic carbocycles. The molecule has 1 saturated heterocycles. The predicted octanol–water partition coefficient (Wildman–Crippen LogP) is 5.03. The average molecular weight is 510 g/mol. The highest BCUT2D eigenvalue weighted by atomic mass is 19.3. The number of carbonyl (C=O) groups is 1. The maximum atomic E-state index is 14.6. The zero-order chi connectivity index (χ0) is 25.4. The molecule has 2 aromatic heterocycles. The Morgan fingerprint density at radius 1 is 1.17 bits per heavy atom. The minimum atomic E-state index is -3.02. The van der Waals surface area contributed by atoms with E-state index in [1.807, 2.05) is 0 Å². The highest BCUT2D eigenvalue weighted by molar-refractivity contribution is 6.04. The van der Waals surface area contributed by atoms with Crippen LogP contribution in [0.5, 0.6) is 5.88 Å². The number of hydrogen-bond donors (Lipinski definition) is 1. The lowest BCUT2D eigenvalue weighted by molar-refractivity contribution is -0.146. The number of nitrogens with one attached hydrogen (secondary N) is 1. The Morgan fingerprint density at radius 3 is 2.69 bits per heavy atom. The van der Waals surface area contributed by atoms with Gasteiger partial charge in [0.25, 0.3) is 17.7 Å². The van der Waals surface area contributed by atoms with Crippen molar-refractivity contribution in [1.82, 2.24) is 15.1 Å². The number of carbonyl (C=O) groups excluding carboxylic acids is 1. The molecule has 1 unspecified atom stereocenters. The standard InChI is InChI=1S/C23H19F5N4O4/c24-11-1-2-15(26)14(7-11)19-21(20(30-10-29-19)16-3-4-23(27,28)9-34-16)31-22(33)17-8-18(32-36-17)35-13-5-12(25)6-13/h1-2,7-8,10,12-13,16H,3-6,9H2,(H,31,33). The lowest BCUT2D eigenvalue weighted by Crippen LogP contribution is -2.34. The van der Waals surface area contributed by atoms with Crippen LogP contribution in [0.25, 0.3) is 11.3 Å². The Kier molecular flexibility index (Phi) is 6.33. The summed E-state index contributed by atoms with van der Waals surface area (Å²) in [4.78, 5) is 21.1. The fourth-order valence-electron chi connectivity index (χ4n) is 3.95. The fourth-order valence-corrected chi connectivity index (χ4v) is 3.95. The molecule has 2 fully saturated rings. The monoisotopic (exact) mass is 510 g/mol. The molecule has 1 saturated carbocycles. The summed E-state index contributed by atoms with van der Waals surface area (Å²) < 4.78 is 84.6. The molecular formula is C23H19F5N4O4. The van der Waals surface area contributed by atoms with Gasteiger partial charge in [-0.25, -0.2) is 31.9 Å². The summed E-state index contributed by atoms with van der Waals surface area (Å²) in [5.74, 6) is -5.84. The lowest BCUT2D eigenvalue weighted by atomic mass is 9.94. The van der Waals surface area contributed by atoms with Crippen LogP contribution in [0.3, 0.4) is 0 Å². The van der Waals surface area contributed by atoms with Crippen molar-refractivity contribution < 1.29 is 40.7 Å². The van der Waals surface area contributed by atoms with Crippen molar-refractivity contribution in [3.8, 4) is 17.1 Å². The number of ether oxygens (including phenoxy) is 2. The maximum Gasteiger partial charge on any atom is 0.294 e. The number of amides is 1. The lowest BCUT2D eigenvalue weighted by Gasteiger charge is -2.29. The van der Waals surface area contributed by atoms with Gasteiger partial charge in [0.1, 0.15) is 48.6 Å². The van der Waals surface area contributed by atoms with Crippen LogP contribution in [0.2, 0.25) is 0 Å². The zero-order valence-corrected chi connectivity index (χ0v) is 18.5. The van der Waals surface area contributed by atoms with Crippen LogP contribution in [0.4, 0.5) is 27.6 Å². The maximum absolute atomic E-state index is 14.6. The van der Waals surface area contributed by atoms with Crippen LogP contribution in [-0.4, -0.2) is 45.8 Å². The van der Waals surface area contributed by atoms with E-state index in [2.05, 4.69) is 20.4 Å². The SMILES string of the molecule is O=C(Nc1c(-c2cc(F)ccc2F)ncnc1C1CCC(F)(F)CO1)c1cc(OC2CC(F)C2)no1. The van der Waals surface area contributed by atoms with Gasteiger partial charge < -0.3 is 19.3 Å². The van der Waals surface area contributed by atoms with Gasteiger partial charge in [-0.15, -0.1) is 0 Å². The summed E-state index contributed by atoms with van der Waals surface area (Å²) in [5.41, 5.74) is -0.638. The molecule has 0 spiro atoms. The third-order valence-electron chi connectivity index (χ3n) is 5.91. The van der Waals surface area contributed by atoms with Gasteiger partial charge in [0.15, 0.2) is 0 Å². The molecule has 5 rings (SSSR count). The largest absolute Gasteiger partial charge is 0.472 e. The summed E-state index contributed by atoms with van der Waals surface area (Å²) >= 11 is 0. The van der Waals surface area contributed by atoms with Gasteiger partial charge >= 0.3 is 0 Å². The first kappa shape index (κ1) is 24.1. The van der Waals surface area contributed by atoms with Crippen LogP contribution >= 0.6 is 0 Å². The van der Waals surface area contributed by atoms with Gasteiger partial charge in [-0.1, -0.05) is 0 Å². The zero-order valence-electron chi connectivity index (χ0n) is 18.5. The van der Waals surface area contributed by atoms with E-state index in [0.717, 1.165) is 24.5 Å². The molecular weight excluding hydrogens is 491 g/mol. The summed E-state index contributed by atoms with van der Waals surface area (Å²) in [5, 5.41) is 6.12. The number of halogens is 5. The number of hydrogen-bond acceptors (Lipinski definition) is 7. The van der Waals surface area contributed by atoms with Crippen molar-refractivity contribution in [1.29, 1.82) is 0 Å². The molecule has 2 aliphatic rings. The van der Waals surface area contributed by atoms with Crippen molar-refractivity contribution in [2.45, 2.75) is 50.0 Å². The quantitative estimate of drug-likeness (QED) is 0.465. The third kappa shape index (κ3) is 5.01. The van der Waals surface area contributed by atoms with Gasteiger partial charge in [0.05, 0.1) is 17.4 Å². The topological polar surface area (TPSA) is 99.4 Å². The Labute approximate surface area is 200 Å². The minimum absolute atomic E-state index is 0.00644. The number of rotatable bonds is 6. The first-order valence-electron chi connectivity index (χ1n) is 11.1. The first-order valence-corrected chi connectivity index (χ1v) is 11.1. The van der Waals surface area contributed by atoms with E-state index < -0.39 is 48.8 Å². The molecule has 1 aliphatic heterocycles. The number of benzene rings is 1. The van der Waals surface area contributed by atoms with Crippen LogP contribution in [0, 0.1) is 11.6 Å². The van der Waals surface area contributed by atoms with Crippen molar-refractivity contribution in [2.24, 2.45) is 0 Å². The van der Waals surface area contributed by atoms with Gasteiger partial charge in [-0.05, 0) is 29.8 Å². The van der Waals surface area contributed by atoms with Gasteiger partial charge in [0.2, 0.25) is 5.76 Å². The molecule has 190 valence electrons. The van der Waals surface area contributed by atoms with Crippen LogP contribution < -0.4 is 10.1 Å². The number of alkyl halides is 3. The van der Waals surface area contributed by atoms with E-state index in [9.17, 15) is 26.7 Å².